The van der Waals surface area contributed by atoms with Crippen LogP contribution in [-0.4, -0.2) is 49.0 Å². The third-order valence-corrected chi connectivity index (χ3v) is 6.10. The van der Waals surface area contributed by atoms with Gasteiger partial charge in [0.15, 0.2) is 0 Å². The van der Waals surface area contributed by atoms with Gasteiger partial charge in [0, 0.05) is 6.42 Å². The number of carboxylic acids is 1. The number of aliphatic hydroxyl groups excluding tert-OH is 1. The molecular formula is C22H43NO9P-. The van der Waals surface area contributed by atoms with Crippen LogP contribution in [0.2, 0.25) is 0 Å². The van der Waals surface area contributed by atoms with E-state index >= 15 is 0 Å². The lowest BCUT2D eigenvalue weighted by Gasteiger charge is -2.25. The fraction of sp³-hybridized carbons (Fsp3) is 0.909. The summed E-state index contributed by atoms with van der Waals surface area (Å²) in [5.74, 6) is -2.11. The van der Waals surface area contributed by atoms with Crippen molar-refractivity contribution >= 4 is 19.8 Å². The molecule has 0 spiro atoms. The number of unbranched alkanes of at least 4 members (excludes halogenated alkanes) is 12. The van der Waals surface area contributed by atoms with Crippen molar-refractivity contribution in [3.05, 3.63) is 0 Å². The third kappa shape index (κ3) is 20.1. The van der Waals surface area contributed by atoms with Crippen LogP contribution < -0.4 is 15.7 Å². The summed E-state index contributed by atoms with van der Waals surface area (Å²) in [5.41, 5.74) is 3.15. The highest BCUT2D eigenvalue weighted by atomic mass is 31.2. The summed E-state index contributed by atoms with van der Waals surface area (Å²) in [7, 11) is -4.83. The van der Waals surface area contributed by atoms with Crippen LogP contribution in [0, 0.1) is 0 Å². The van der Waals surface area contributed by atoms with E-state index in [0.29, 0.717) is 6.42 Å². The minimum absolute atomic E-state index is 0.175. The molecule has 0 radical (unpaired) electrons. The molecule has 3 atom stereocenters. The Kier molecular flexibility index (Phi) is 19.7. The molecule has 33 heavy (non-hydrogen) atoms. The molecule has 0 aromatic heterocycles. The van der Waals surface area contributed by atoms with Gasteiger partial charge in [-0.2, -0.15) is 0 Å². The van der Waals surface area contributed by atoms with E-state index in [1.165, 1.54) is 57.8 Å². The number of carbonyl (C=O) groups excluding carboxylic acids is 2. The number of quaternary nitrogens is 1. The van der Waals surface area contributed by atoms with Gasteiger partial charge in [-0.25, -0.2) is 0 Å². The predicted molar refractivity (Wildman–Crippen MR) is 118 cm³/mol. The van der Waals surface area contributed by atoms with Gasteiger partial charge in [-0.05, 0) is 6.42 Å². The number of hydrogen-bond donors (Lipinski definition) is 2. The summed E-state index contributed by atoms with van der Waals surface area (Å²) >= 11 is 0. The number of aliphatic carboxylic acids is 1. The zero-order chi connectivity index (χ0) is 25.0. The van der Waals surface area contributed by atoms with Gasteiger partial charge in [0.05, 0.1) is 13.2 Å². The van der Waals surface area contributed by atoms with Crippen molar-refractivity contribution in [2.45, 2.75) is 109 Å². The van der Waals surface area contributed by atoms with Crippen LogP contribution in [0.15, 0.2) is 0 Å². The summed E-state index contributed by atoms with van der Waals surface area (Å²) in [6.07, 6.45) is 14.5. The number of carbonyl (C=O) groups is 2. The van der Waals surface area contributed by atoms with Crippen molar-refractivity contribution in [2.75, 3.05) is 19.8 Å². The molecule has 0 aromatic carbocycles. The number of phosphoric acid groups is 1. The molecule has 0 aliphatic rings. The van der Waals surface area contributed by atoms with Gasteiger partial charge >= 0.3 is 5.97 Å². The molecule has 0 amide bonds. The molecule has 0 heterocycles. The maximum absolute atomic E-state index is 11.9. The Morgan fingerprint density at radius 2 is 1.33 bits per heavy atom. The van der Waals surface area contributed by atoms with Crippen LogP contribution in [0.4, 0.5) is 0 Å². The maximum atomic E-state index is 11.9. The summed E-state index contributed by atoms with van der Waals surface area (Å²) in [5, 5.41) is 19.8. The van der Waals surface area contributed by atoms with Gasteiger partial charge < -0.3 is 39.4 Å². The number of esters is 1. The molecule has 0 fully saturated rings. The van der Waals surface area contributed by atoms with Gasteiger partial charge in [0.25, 0.3) is 7.82 Å². The van der Waals surface area contributed by atoms with E-state index in [4.69, 9.17) is 4.74 Å². The fourth-order valence-corrected chi connectivity index (χ4v) is 3.90. The van der Waals surface area contributed by atoms with Crippen LogP contribution in [0.5, 0.6) is 0 Å². The first-order chi connectivity index (χ1) is 15.7. The second kappa shape index (κ2) is 20.4. The Balaban J connectivity index is 3.77. The van der Waals surface area contributed by atoms with E-state index < -0.39 is 51.7 Å². The number of carboxylic acid groups (broad SMARTS) is 1. The Labute approximate surface area is 197 Å². The lowest BCUT2D eigenvalue weighted by atomic mass is 10.0. The van der Waals surface area contributed by atoms with Gasteiger partial charge in [-0.15, -0.1) is 0 Å². The number of rotatable bonds is 23. The zero-order valence-corrected chi connectivity index (χ0v) is 20.9. The Morgan fingerprint density at radius 1 is 0.879 bits per heavy atom. The van der Waals surface area contributed by atoms with Crippen molar-refractivity contribution in [2.24, 2.45) is 0 Å². The lowest BCUT2D eigenvalue weighted by molar-refractivity contribution is -0.441. The molecule has 0 aromatic rings. The first-order valence-electron chi connectivity index (χ1n) is 12.2. The molecule has 4 N–H and O–H groups in total. The highest BCUT2D eigenvalue weighted by Gasteiger charge is 2.20. The van der Waals surface area contributed by atoms with Crippen LogP contribution in [0.3, 0.4) is 0 Å². The first-order valence-corrected chi connectivity index (χ1v) is 13.6. The smallest absolute Gasteiger partial charge is 0.306 e. The largest absolute Gasteiger partial charge is 0.756 e. The Morgan fingerprint density at radius 3 is 1.79 bits per heavy atom. The number of phosphoric ester groups is 1. The van der Waals surface area contributed by atoms with Crippen molar-refractivity contribution in [3.63, 3.8) is 0 Å². The monoisotopic (exact) mass is 496 g/mol. The minimum atomic E-state index is -4.83. The average molecular weight is 497 g/mol. The van der Waals surface area contributed by atoms with Gasteiger partial charge in [-0.1, -0.05) is 84.0 Å². The molecule has 10 nitrogen and oxygen atoms in total. The minimum Gasteiger partial charge on any atom is -0.756 e. The molecule has 11 heteroatoms. The molecule has 0 saturated carbocycles. The second-order valence-electron chi connectivity index (χ2n) is 8.34. The van der Waals surface area contributed by atoms with E-state index in [-0.39, 0.29) is 6.42 Å². The summed E-state index contributed by atoms with van der Waals surface area (Å²) in [6, 6.07) is -1.39. The molecule has 0 bridgehead atoms. The Hall–Kier alpha value is -1.03. The van der Waals surface area contributed by atoms with Gasteiger partial charge in [0.1, 0.15) is 24.7 Å². The SMILES string of the molecule is CCCCCCCCCCCCCCCC(=O)O[C@H](CO)COP(=O)([O-])OC[C@H]([NH3+])C(=O)[O-]. The highest BCUT2D eigenvalue weighted by Crippen LogP contribution is 2.38. The van der Waals surface area contributed by atoms with E-state index in [1.54, 1.807) is 0 Å². The number of ether oxygens (including phenoxy) is 1. The van der Waals surface area contributed by atoms with Crippen molar-refractivity contribution in [3.8, 4) is 0 Å². The van der Waals surface area contributed by atoms with E-state index in [0.717, 1.165) is 19.3 Å². The van der Waals surface area contributed by atoms with Crippen LogP contribution >= 0.6 is 7.82 Å². The van der Waals surface area contributed by atoms with Crippen molar-refractivity contribution < 1.29 is 48.8 Å². The van der Waals surface area contributed by atoms with Gasteiger partial charge in [0.2, 0.25) is 0 Å². The second-order valence-corrected chi connectivity index (χ2v) is 9.75. The van der Waals surface area contributed by atoms with Crippen LogP contribution in [0.1, 0.15) is 96.8 Å². The molecule has 0 aliphatic carbocycles. The van der Waals surface area contributed by atoms with Crippen molar-refractivity contribution in [1.82, 2.24) is 0 Å². The molecule has 0 saturated heterocycles. The number of hydrogen-bond acceptors (Lipinski definition) is 9. The normalized spacial score (nSPS) is 15.0. The summed E-state index contributed by atoms with van der Waals surface area (Å²) in [6.45, 7) is 0.227. The predicted octanol–water partition coefficient (Wildman–Crippen LogP) is 1.23. The highest BCUT2D eigenvalue weighted by molar-refractivity contribution is 7.45. The summed E-state index contributed by atoms with van der Waals surface area (Å²) < 4.78 is 25.5. The molecule has 196 valence electrons. The van der Waals surface area contributed by atoms with Crippen LogP contribution in [-0.2, 0) is 27.9 Å². The van der Waals surface area contributed by atoms with E-state index in [1.807, 2.05) is 0 Å². The maximum Gasteiger partial charge on any atom is 0.306 e. The average Bonchev–Trinajstić information content (AvgIpc) is 2.78. The first kappa shape index (κ1) is 32.0. The summed E-state index contributed by atoms with van der Waals surface area (Å²) in [4.78, 5) is 34.0. The van der Waals surface area contributed by atoms with Gasteiger partial charge in [-0.3, -0.25) is 9.36 Å². The Bertz CT molecular complexity index is 562. The molecule has 0 aliphatic heterocycles. The fourth-order valence-electron chi connectivity index (χ4n) is 3.12. The standard InChI is InChI=1S/C22H44NO9P/c1-2-3-4-5-6-7-8-9-10-11-12-13-14-15-21(25)32-19(16-24)17-30-33(28,29)31-18-20(23)22(26)27/h19-20,24H,2-18,23H2,1H3,(H,26,27)(H,28,29)/p-1/t19-,20+/m1/s1. The molecule has 1 unspecified atom stereocenters. The number of aliphatic hydroxyl groups is 1. The van der Waals surface area contributed by atoms with Crippen LogP contribution in [0.25, 0.3) is 0 Å². The van der Waals surface area contributed by atoms with Crippen molar-refractivity contribution in [1.29, 1.82) is 0 Å². The zero-order valence-electron chi connectivity index (χ0n) is 20.0. The lowest BCUT2D eigenvalue weighted by Crippen LogP contribution is -2.70. The van der Waals surface area contributed by atoms with E-state index in [9.17, 15) is 29.3 Å². The van der Waals surface area contributed by atoms with E-state index in [2.05, 4.69) is 21.7 Å². The quantitative estimate of drug-likeness (QED) is 0.120. The molecular weight excluding hydrogens is 453 g/mol. The topological polar surface area (TPSA) is 173 Å². The molecule has 0 rings (SSSR count). The third-order valence-electron chi connectivity index (χ3n) is 5.17.